The molecular weight excluding hydrogens is 282 g/mol. The topological polar surface area (TPSA) is 72.0 Å². The number of Topliss-reactive ketones (excluding diaryl/α,β-unsaturated/α-hetero) is 1. The molecule has 0 aromatic carbocycles. The minimum Gasteiger partial charge on any atom is -0.298 e. The molecule has 0 spiro atoms. The van der Waals surface area contributed by atoms with Crippen LogP contribution in [0, 0.1) is 6.92 Å². The van der Waals surface area contributed by atoms with Crippen LogP contribution in [-0.2, 0) is 4.79 Å². The van der Waals surface area contributed by atoms with Gasteiger partial charge < -0.3 is 0 Å². The second kappa shape index (κ2) is 5.85. The lowest BCUT2D eigenvalue weighted by atomic mass is 10.4. The van der Waals surface area contributed by atoms with E-state index in [1.807, 2.05) is 12.3 Å². The van der Waals surface area contributed by atoms with Gasteiger partial charge in [0.15, 0.2) is 10.9 Å². The number of nitrogens with zero attached hydrogens (tertiary/aromatic N) is 2. The van der Waals surface area contributed by atoms with E-state index in [4.69, 9.17) is 0 Å². The Morgan fingerprint density at radius 3 is 2.63 bits per heavy atom. The lowest BCUT2D eigenvalue weighted by Gasteiger charge is -1.94. The van der Waals surface area contributed by atoms with E-state index in [0.29, 0.717) is 10.8 Å². The number of aromatic nitrogens is 2. The smallest absolute Gasteiger partial charge is 0.250 e. The Kier molecular flexibility index (Phi) is 4.18. The highest BCUT2D eigenvalue weighted by molar-refractivity contribution is 7.14. The standard InChI is InChI=1S/C12H11N3O2S2/c1-7(16)10-6-19-12(14-10)15-11(17)4-3-9-5-18-8(2)13-9/h3-6H,1-2H3,(H,14,15,17)/b4-3+. The first-order valence-electron chi connectivity index (χ1n) is 5.42. The largest absolute Gasteiger partial charge is 0.298 e. The van der Waals surface area contributed by atoms with Gasteiger partial charge in [-0.25, -0.2) is 9.97 Å². The summed E-state index contributed by atoms with van der Waals surface area (Å²) in [4.78, 5) is 30.9. The van der Waals surface area contributed by atoms with Crippen molar-refractivity contribution in [2.75, 3.05) is 5.32 Å². The van der Waals surface area contributed by atoms with Crippen LogP contribution in [0.1, 0.15) is 28.1 Å². The molecule has 0 atom stereocenters. The van der Waals surface area contributed by atoms with Crippen molar-refractivity contribution in [3.8, 4) is 0 Å². The van der Waals surface area contributed by atoms with Crippen molar-refractivity contribution < 1.29 is 9.59 Å². The molecule has 0 aliphatic rings. The summed E-state index contributed by atoms with van der Waals surface area (Å²) < 4.78 is 0. The zero-order valence-electron chi connectivity index (χ0n) is 10.3. The summed E-state index contributed by atoms with van der Waals surface area (Å²) in [5.74, 6) is -0.416. The first-order valence-corrected chi connectivity index (χ1v) is 7.18. The average molecular weight is 293 g/mol. The van der Waals surface area contributed by atoms with Gasteiger partial charge in [0.05, 0.1) is 10.7 Å². The third kappa shape index (κ3) is 3.80. The molecule has 0 fully saturated rings. The second-order valence-electron chi connectivity index (χ2n) is 3.71. The molecule has 1 amide bonds. The number of thiazole rings is 2. The first-order chi connectivity index (χ1) is 9.04. The third-order valence-corrected chi connectivity index (χ3v) is 3.69. The summed E-state index contributed by atoms with van der Waals surface area (Å²) in [5.41, 5.74) is 1.11. The number of carbonyl (C=O) groups is 2. The van der Waals surface area contributed by atoms with E-state index in [0.717, 1.165) is 10.7 Å². The molecule has 2 aromatic heterocycles. The van der Waals surface area contributed by atoms with Crippen molar-refractivity contribution in [3.63, 3.8) is 0 Å². The lowest BCUT2D eigenvalue weighted by molar-refractivity contribution is -0.111. The van der Waals surface area contributed by atoms with Gasteiger partial charge in [-0.3, -0.25) is 14.9 Å². The summed E-state index contributed by atoms with van der Waals surface area (Å²) in [6.07, 6.45) is 3.03. The average Bonchev–Trinajstić information content (AvgIpc) is 2.96. The van der Waals surface area contributed by atoms with Gasteiger partial charge in [-0.05, 0) is 13.0 Å². The number of aryl methyl sites for hydroxylation is 1. The van der Waals surface area contributed by atoms with Crippen molar-refractivity contribution in [2.45, 2.75) is 13.8 Å². The predicted molar refractivity (Wildman–Crippen MR) is 76.6 cm³/mol. The SMILES string of the molecule is CC(=O)c1csc(NC(=O)/C=C/c2csc(C)n2)n1. The summed E-state index contributed by atoms with van der Waals surface area (Å²) >= 11 is 2.75. The maximum atomic E-state index is 11.6. The minimum atomic E-state index is -0.296. The van der Waals surface area contributed by atoms with Crippen LogP contribution in [0.5, 0.6) is 0 Å². The molecule has 0 bridgehead atoms. The summed E-state index contributed by atoms with van der Waals surface area (Å²) in [6, 6.07) is 0. The Labute approximate surface area is 118 Å². The number of rotatable bonds is 4. The van der Waals surface area contributed by atoms with Crippen LogP contribution in [0.3, 0.4) is 0 Å². The van der Waals surface area contributed by atoms with Gasteiger partial charge in [-0.2, -0.15) is 0 Å². The van der Waals surface area contributed by atoms with Gasteiger partial charge in [-0.1, -0.05) is 0 Å². The lowest BCUT2D eigenvalue weighted by Crippen LogP contribution is -2.07. The Hall–Kier alpha value is -1.86. The highest BCUT2D eigenvalue weighted by atomic mass is 32.1. The van der Waals surface area contributed by atoms with E-state index in [9.17, 15) is 9.59 Å². The fourth-order valence-electron chi connectivity index (χ4n) is 1.26. The first kappa shape index (κ1) is 13.6. The van der Waals surface area contributed by atoms with Crippen molar-refractivity contribution in [3.05, 3.63) is 33.2 Å². The number of amides is 1. The molecule has 0 saturated carbocycles. The molecule has 0 radical (unpaired) electrons. The van der Waals surface area contributed by atoms with Gasteiger partial charge in [0.25, 0.3) is 0 Å². The molecule has 5 nitrogen and oxygen atoms in total. The van der Waals surface area contributed by atoms with Gasteiger partial charge in [0, 0.05) is 23.8 Å². The number of nitrogens with one attached hydrogen (secondary N) is 1. The van der Waals surface area contributed by atoms with E-state index in [1.54, 1.807) is 11.5 Å². The highest BCUT2D eigenvalue weighted by Crippen LogP contribution is 2.16. The zero-order valence-corrected chi connectivity index (χ0v) is 12.0. The molecule has 0 unspecified atom stereocenters. The predicted octanol–water partition coefficient (Wildman–Crippen LogP) is 2.76. The molecule has 19 heavy (non-hydrogen) atoms. The normalized spacial score (nSPS) is 10.8. The number of carbonyl (C=O) groups excluding carboxylic acids is 2. The Morgan fingerprint density at radius 1 is 1.26 bits per heavy atom. The Morgan fingerprint density at radius 2 is 2.05 bits per heavy atom. The number of anilines is 1. The molecule has 7 heteroatoms. The molecule has 2 heterocycles. The summed E-state index contributed by atoms with van der Waals surface area (Å²) in [7, 11) is 0. The molecule has 0 saturated heterocycles. The maximum absolute atomic E-state index is 11.6. The van der Waals surface area contributed by atoms with E-state index in [1.165, 1.54) is 35.7 Å². The van der Waals surface area contributed by atoms with Crippen molar-refractivity contribution in [2.24, 2.45) is 0 Å². The molecule has 0 aliphatic carbocycles. The van der Waals surface area contributed by atoms with E-state index >= 15 is 0 Å². The molecule has 0 aliphatic heterocycles. The van der Waals surface area contributed by atoms with Gasteiger partial charge in [-0.15, -0.1) is 22.7 Å². The molecule has 2 aromatic rings. The maximum Gasteiger partial charge on any atom is 0.250 e. The fraction of sp³-hybridized carbons (Fsp3) is 0.167. The summed E-state index contributed by atoms with van der Waals surface area (Å²) in [6.45, 7) is 3.34. The molecule has 2 rings (SSSR count). The van der Waals surface area contributed by atoms with Crippen LogP contribution in [0.2, 0.25) is 0 Å². The molecule has 98 valence electrons. The van der Waals surface area contributed by atoms with Gasteiger partial charge >= 0.3 is 0 Å². The van der Waals surface area contributed by atoms with Crippen molar-refractivity contribution in [1.82, 2.24) is 9.97 Å². The molecule has 1 N–H and O–H groups in total. The fourth-order valence-corrected chi connectivity index (χ4v) is 2.59. The van der Waals surface area contributed by atoms with Crippen LogP contribution in [0.15, 0.2) is 16.8 Å². The van der Waals surface area contributed by atoms with Crippen molar-refractivity contribution >= 4 is 45.6 Å². The Balaban J connectivity index is 1.97. The van der Waals surface area contributed by atoms with Crippen LogP contribution >= 0.6 is 22.7 Å². The number of hydrogen-bond acceptors (Lipinski definition) is 6. The zero-order chi connectivity index (χ0) is 13.8. The van der Waals surface area contributed by atoms with Gasteiger partial charge in [0.2, 0.25) is 5.91 Å². The van der Waals surface area contributed by atoms with E-state index in [-0.39, 0.29) is 11.7 Å². The van der Waals surface area contributed by atoms with E-state index in [2.05, 4.69) is 15.3 Å². The van der Waals surface area contributed by atoms with Crippen molar-refractivity contribution in [1.29, 1.82) is 0 Å². The highest BCUT2D eigenvalue weighted by Gasteiger charge is 2.07. The van der Waals surface area contributed by atoms with Crippen LogP contribution in [0.25, 0.3) is 6.08 Å². The van der Waals surface area contributed by atoms with E-state index < -0.39 is 0 Å². The number of ketones is 1. The van der Waals surface area contributed by atoms with Crippen LogP contribution in [-0.4, -0.2) is 21.7 Å². The quantitative estimate of drug-likeness (QED) is 0.695. The second-order valence-corrected chi connectivity index (χ2v) is 5.63. The third-order valence-electron chi connectivity index (χ3n) is 2.14. The monoisotopic (exact) mass is 293 g/mol. The van der Waals surface area contributed by atoms with Gasteiger partial charge in [0.1, 0.15) is 5.69 Å². The summed E-state index contributed by atoms with van der Waals surface area (Å²) in [5, 5.41) is 7.45. The van der Waals surface area contributed by atoms with Crippen LogP contribution in [0.4, 0.5) is 5.13 Å². The Bertz CT molecular complexity index is 643. The number of hydrogen-bond donors (Lipinski definition) is 1. The molecular formula is C12H11N3O2S2. The minimum absolute atomic E-state index is 0.120. The van der Waals surface area contributed by atoms with Crippen LogP contribution < -0.4 is 5.32 Å².